The highest BCUT2D eigenvalue weighted by molar-refractivity contribution is 6.18. The Morgan fingerprint density at radius 3 is 2.94 bits per heavy atom. The van der Waals surface area contributed by atoms with Gasteiger partial charge in [0.05, 0.1) is 6.20 Å². The second kappa shape index (κ2) is 5.12. The summed E-state index contributed by atoms with van der Waals surface area (Å²) in [4.78, 5) is 0. The number of alkyl halides is 1. The summed E-state index contributed by atoms with van der Waals surface area (Å²) in [6.45, 7) is 2.10. The summed E-state index contributed by atoms with van der Waals surface area (Å²) in [6.07, 6.45) is 2.73. The van der Waals surface area contributed by atoms with Crippen molar-refractivity contribution in [2.24, 2.45) is 0 Å². The number of nitrogens with zero attached hydrogens (tertiary/aromatic N) is 2. The van der Waals surface area contributed by atoms with E-state index in [1.54, 1.807) is 6.20 Å². The molecule has 1 unspecified atom stereocenters. The lowest BCUT2D eigenvalue weighted by atomic mass is 10.2. The molecule has 16 heavy (non-hydrogen) atoms. The summed E-state index contributed by atoms with van der Waals surface area (Å²) in [6, 6.07) is 8.29. The van der Waals surface area contributed by atoms with Crippen LogP contribution in [0.1, 0.15) is 13.3 Å². The van der Waals surface area contributed by atoms with E-state index in [1.807, 2.05) is 24.3 Å². The minimum absolute atomic E-state index is 0.238. The van der Waals surface area contributed by atoms with Crippen LogP contribution in [0.2, 0.25) is 0 Å². The van der Waals surface area contributed by atoms with Crippen molar-refractivity contribution in [3.63, 3.8) is 0 Å². The second-order valence-corrected chi connectivity index (χ2v) is 3.99. The van der Waals surface area contributed by atoms with Crippen molar-refractivity contribution >= 4 is 28.2 Å². The quantitative estimate of drug-likeness (QED) is 0.828. The third-order valence-corrected chi connectivity index (χ3v) is 2.96. The smallest absolute Gasteiger partial charge is 0.156 e. The van der Waals surface area contributed by atoms with Gasteiger partial charge in [-0.15, -0.1) is 16.7 Å². The summed E-state index contributed by atoms with van der Waals surface area (Å²) in [7, 11) is 0. The molecule has 1 aromatic heterocycles. The Hall–Kier alpha value is -1.35. The zero-order valence-electron chi connectivity index (χ0n) is 9.15. The topological polar surface area (TPSA) is 37.8 Å². The lowest BCUT2D eigenvalue weighted by Crippen LogP contribution is -2.21. The van der Waals surface area contributed by atoms with Gasteiger partial charge in [-0.2, -0.15) is 5.10 Å². The molecule has 1 atom stereocenters. The van der Waals surface area contributed by atoms with Crippen LogP contribution in [0.3, 0.4) is 0 Å². The van der Waals surface area contributed by atoms with E-state index in [1.165, 1.54) is 0 Å². The first kappa shape index (κ1) is 11.1. The normalized spacial score (nSPS) is 12.6. The largest absolute Gasteiger partial charge is 0.364 e. The number of fused-ring (bicyclic) bond motifs is 1. The van der Waals surface area contributed by atoms with Crippen molar-refractivity contribution in [3.8, 4) is 0 Å². The van der Waals surface area contributed by atoms with E-state index in [-0.39, 0.29) is 6.04 Å². The zero-order chi connectivity index (χ0) is 11.4. The number of hydrogen-bond donors (Lipinski definition) is 1. The lowest BCUT2D eigenvalue weighted by molar-refractivity contribution is 0.763. The van der Waals surface area contributed by atoms with Crippen LogP contribution in [0, 0.1) is 0 Å². The van der Waals surface area contributed by atoms with E-state index in [2.05, 4.69) is 22.4 Å². The van der Waals surface area contributed by atoms with Crippen molar-refractivity contribution < 1.29 is 0 Å². The first-order valence-corrected chi connectivity index (χ1v) is 5.91. The maximum absolute atomic E-state index is 5.86. The zero-order valence-corrected chi connectivity index (χ0v) is 9.91. The van der Waals surface area contributed by atoms with Gasteiger partial charge in [0.2, 0.25) is 0 Å². The van der Waals surface area contributed by atoms with Gasteiger partial charge in [0.15, 0.2) is 5.82 Å². The number of benzene rings is 1. The SMILES string of the molecule is CCC(CCl)Nc1nncc2ccccc12. The molecule has 0 bridgehead atoms. The average Bonchev–Trinajstić information content (AvgIpc) is 2.36. The van der Waals surface area contributed by atoms with Crippen LogP contribution < -0.4 is 5.32 Å². The summed E-state index contributed by atoms with van der Waals surface area (Å²) in [5.41, 5.74) is 0. The van der Waals surface area contributed by atoms with Crippen LogP contribution in [-0.2, 0) is 0 Å². The highest BCUT2D eigenvalue weighted by Crippen LogP contribution is 2.20. The minimum Gasteiger partial charge on any atom is -0.364 e. The fourth-order valence-electron chi connectivity index (χ4n) is 1.58. The van der Waals surface area contributed by atoms with E-state index in [0.29, 0.717) is 5.88 Å². The van der Waals surface area contributed by atoms with E-state index in [0.717, 1.165) is 23.0 Å². The van der Waals surface area contributed by atoms with E-state index in [9.17, 15) is 0 Å². The fraction of sp³-hybridized carbons (Fsp3) is 0.333. The number of nitrogens with one attached hydrogen (secondary N) is 1. The maximum Gasteiger partial charge on any atom is 0.156 e. The molecule has 4 heteroatoms. The Morgan fingerprint density at radius 1 is 1.38 bits per heavy atom. The maximum atomic E-state index is 5.86. The molecule has 2 rings (SSSR count). The molecule has 1 N–H and O–H groups in total. The molecule has 0 aliphatic rings. The summed E-state index contributed by atoms with van der Waals surface area (Å²) >= 11 is 5.86. The van der Waals surface area contributed by atoms with Gasteiger partial charge in [-0.1, -0.05) is 31.2 Å². The highest BCUT2D eigenvalue weighted by atomic mass is 35.5. The molecule has 1 heterocycles. The molecular weight excluding hydrogens is 222 g/mol. The van der Waals surface area contributed by atoms with Gasteiger partial charge < -0.3 is 5.32 Å². The molecule has 2 aromatic rings. The Morgan fingerprint density at radius 2 is 2.19 bits per heavy atom. The first-order valence-electron chi connectivity index (χ1n) is 5.38. The summed E-state index contributed by atoms with van der Waals surface area (Å²) in [5, 5.41) is 13.6. The van der Waals surface area contributed by atoms with Gasteiger partial charge in [-0.25, -0.2) is 0 Å². The average molecular weight is 236 g/mol. The Kier molecular flexibility index (Phi) is 3.57. The van der Waals surface area contributed by atoms with Crippen molar-refractivity contribution in [2.75, 3.05) is 11.2 Å². The molecule has 0 fully saturated rings. The molecule has 0 aliphatic carbocycles. The van der Waals surface area contributed by atoms with Crippen molar-refractivity contribution in [3.05, 3.63) is 30.5 Å². The van der Waals surface area contributed by atoms with Gasteiger partial charge in [0, 0.05) is 22.7 Å². The Labute approximate surface area is 99.8 Å². The first-order chi connectivity index (χ1) is 7.85. The van der Waals surface area contributed by atoms with Gasteiger partial charge in [0.1, 0.15) is 0 Å². The van der Waals surface area contributed by atoms with E-state index >= 15 is 0 Å². The lowest BCUT2D eigenvalue weighted by Gasteiger charge is -2.15. The van der Waals surface area contributed by atoms with Crippen LogP contribution in [0.4, 0.5) is 5.82 Å². The second-order valence-electron chi connectivity index (χ2n) is 3.68. The van der Waals surface area contributed by atoms with Crippen LogP contribution >= 0.6 is 11.6 Å². The van der Waals surface area contributed by atoms with Crippen molar-refractivity contribution in [1.82, 2.24) is 10.2 Å². The molecular formula is C12H14ClN3. The number of anilines is 1. The summed E-state index contributed by atoms with van der Waals surface area (Å²) < 4.78 is 0. The predicted molar refractivity (Wildman–Crippen MR) is 68.0 cm³/mol. The van der Waals surface area contributed by atoms with E-state index in [4.69, 9.17) is 11.6 Å². The van der Waals surface area contributed by atoms with Gasteiger partial charge in [0.25, 0.3) is 0 Å². The molecule has 84 valence electrons. The van der Waals surface area contributed by atoms with Crippen molar-refractivity contribution in [1.29, 1.82) is 0 Å². The number of hydrogen-bond acceptors (Lipinski definition) is 3. The summed E-state index contributed by atoms with van der Waals surface area (Å²) in [5.74, 6) is 1.38. The van der Waals surface area contributed by atoms with Gasteiger partial charge in [-0.3, -0.25) is 0 Å². The molecule has 1 aromatic carbocycles. The van der Waals surface area contributed by atoms with E-state index < -0.39 is 0 Å². The molecule has 0 spiro atoms. The predicted octanol–water partition coefficient (Wildman–Crippen LogP) is 3.06. The minimum atomic E-state index is 0.238. The van der Waals surface area contributed by atoms with Crippen LogP contribution in [0.15, 0.2) is 30.5 Å². The fourth-order valence-corrected chi connectivity index (χ4v) is 1.87. The molecule has 0 saturated heterocycles. The van der Waals surface area contributed by atoms with Crippen LogP contribution in [0.25, 0.3) is 10.8 Å². The van der Waals surface area contributed by atoms with Crippen LogP contribution in [-0.4, -0.2) is 22.1 Å². The third-order valence-electron chi connectivity index (χ3n) is 2.59. The monoisotopic (exact) mass is 235 g/mol. The third kappa shape index (κ3) is 2.25. The number of halogens is 1. The van der Waals surface area contributed by atoms with Crippen LogP contribution in [0.5, 0.6) is 0 Å². The molecule has 0 amide bonds. The standard InChI is InChI=1S/C12H14ClN3/c1-2-10(7-13)15-12-11-6-4-3-5-9(11)8-14-16-12/h3-6,8,10H,2,7H2,1H3,(H,15,16). The Bertz CT molecular complexity index is 463. The molecule has 0 aliphatic heterocycles. The molecule has 0 saturated carbocycles. The van der Waals surface area contributed by atoms with Gasteiger partial charge >= 0.3 is 0 Å². The molecule has 0 radical (unpaired) electrons. The Balaban J connectivity index is 2.36. The highest BCUT2D eigenvalue weighted by Gasteiger charge is 2.08. The van der Waals surface area contributed by atoms with Gasteiger partial charge in [-0.05, 0) is 6.42 Å². The number of rotatable bonds is 4. The molecule has 3 nitrogen and oxygen atoms in total. The number of aromatic nitrogens is 2. The van der Waals surface area contributed by atoms with Crippen molar-refractivity contribution in [2.45, 2.75) is 19.4 Å².